The first-order valence-corrected chi connectivity index (χ1v) is 16.2. The fourth-order valence-corrected chi connectivity index (χ4v) is 19.5. The van der Waals surface area contributed by atoms with E-state index in [0.29, 0.717) is 0 Å². The summed E-state index contributed by atoms with van der Waals surface area (Å²) in [5.41, 5.74) is 1.12. The number of hydrogen-bond donors (Lipinski definition) is 0. The Morgan fingerprint density at radius 3 is 1.86 bits per heavy atom. The maximum absolute atomic E-state index is 14.5. The van der Waals surface area contributed by atoms with Gasteiger partial charge in [-0.2, -0.15) is 0 Å². The first-order chi connectivity index (χ1) is 10.1. The maximum atomic E-state index is 14.5. The number of aryl methyl sites for hydroxylation is 1. The van der Waals surface area contributed by atoms with E-state index in [4.69, 9.17) is 0 Å². The minimum atomic E-state index is -2.64. The summed E-state index contributed by atoms with van der Waals surface area (Å²) < 4.78 is 19.5. The molecule has 0 fully saturated rings. The van der Waals surface area contributed by atoms with Crippen LogP contribution in [0.25, 0.3) is 0 Å². The quantitative estimate of drug-likeness (QED) is 0.369. The van der Waals surface area contributed by atoms with Crippen molar-refractivity contribution in [1.82, 2.24) is 4.98 Å². The second-order valence-corrected chi connectivity index (χ2v) is 19.6. The summed E-state index contributed by atoms with van der Waals surface area (Å²) in [6.45, 7) is 8.80. The van der Waals surface area contributed by atoms with Crippen LogP contribution in [0.4, 0.5) is 4.39 Å². The Hall–Kier alpha value is -0.121. The molecule has 1 nitrogen and oxygen atoms in total. The Morgan fingerprint density at radius 1 is 0.952 bits per heavy atom. The predicted octanol–water partition coefficient (Wildman–Crippen LogP) is 5.59. The van der Waals surface area contributed by atoms with Crippen LogP contribution in [-0.4, -0.2) is 23.4 Å². The zero-order chi connectivity index (χ0) is 15.7. The second kappa shape index (κ2) is 9.81. The molecule has 3 heteroatoms. The van der Waals surface area contributed by atoms with Crippen molar-refractivity contribution < 1.29 is 4.39 Å². The molecule has 120 valence electrons. The van der Waals surface area contributed by atoms with E-state index >= 15 is 0 Å². The number of halogens is 1. The van der Waals surface area contributed by atoms with Crippen LogP contribution in [-0.2, 0) is 0 Å². The molecule has 1 aromatic heterocycles. The van der Waals surface area contributed by atoms with Gasteiger partial charge in [0.25, 0.3) is 0 Å². The molecule has 0 saturated carbocycles. The van der Waals surface area contributed by atoms with Gasteiger partial charge in [-0.25, -0.2) is 0 Å². The van der Waals surface area contributed by atoms with Crippen LogP contribution in [0.1, 0.15) is 64.9 Å². The van der Waals surface area contributed by atoms with Crippen molar-refractivity contribution >= 4 is 22.0 Å². The molecule has 0 radical (unpaired) electrons. The minimum absolute atomic E-state index is 0.153. The van der Waals surface area contributed by atoms with E-state index in [9.17, 15) is 4.39 Å². The van der Waals surface area contributed by atoms with Gasteiger partial charge in [0.1, 0.15) is 0 Å². The Balaban J connectivity index is 3.19. The molecular weight excluding hydrogens is 368 g/mol. The summed E-state index contributed by atoms with van der Waals surface area (Å²) in [6, 6.07) is 2.14. The van der Waals surface area contributed by atoms with Gasteiger partial charge < -0.3 is 0 Å². The van der Waals surface area contributed by atoms with E-state index in [1.807, 2.05) is 6.92 Å². The van der Waals surface area contributed by atoms with Gasteiger partial charge in [0.15, 0.2) is 0 Å². The van der Waals surface area contributed by atoms with Crippen molar-refractivity contribution in [1.29, 1.82) is 0 Å². The first kappa shape index (κ1) is 18.9. The summed E-state index contributed by atoms with van der Waals surface area (Å²) in [5.74, 6) is -0.153. The van der Waals surface area contributed by atoms with Crippen LogP contribution in [0.3, 0.4) is 0 Å². The first-order valence-electron chi connectivity index (χ1n) is 8.72. The molecule has 0 bridgehead atoms. The number of unbranched alkanes of at least 4 members (excludes halogenated alkanes) is 3. The third-order valence-corrected chi connectivity index (χ3v) is 20.1. The fraction of sp³-hybridized carbons (Fsp3) is 0.722. The number of nitrogens with zero attached hydrogens (tertiary/aromatic N) is 1. The van der Waals surface area contributed by atoms with E-state index in [1.54, 1.807) is 6.20 Å². The van der Waals surface area contributed by atoms with Crippen molar-refractivity contribution in [2.24, 2.45) is 0 Å². The summed E-state index contributed by atoms with van der Waals surface area (Å²) >= 11 is -2.64. The van der Waals surface area contributed by atoms with Crippen molar-refractivity contribution in [3.05, 3.63) is 23.8 Å². The van der Waals surface area contributed by atoms with E-state index < -0.39 is 18.4 Å². The SMILES string of the molecule is CCC[CH2][Sn]([CH2]CCC)([CH2]CCC)[c]1cc(C)cnc1F. The molecule has 0 atom stereocenters. The Kier molecular flexibility index (Phi) is 8.84. The molecule has 0 spiro atoms. The van der Waals surface area contributed by atoms with Crippen molar-refractivity contribution in [3.8, 4) is 0 Å². The zero-order valence-electron chi connectivity index (χ0n) is 14.3. The standard InChI is InChI=1S/C6H5FN.3C4H9.Sn/c1-5-2-3-6(7)8-4-5;3*1-3-4-2;/h2,4H,1H3;3*1,3-4H2,2H3;. The van der Waals surface area contributed by atoms with Crippen molar-refractivity contribution in [3.63, 3.8) is 0 Å². The third-order valence-electron chi connectivity index (χ3n) is 4.57. The number of rotatable bonds is 10. The predicted molar refractivity (Wildman–Crippen MR) is 93.5 cm³/mol. The van der Waals surface area contributed by atoms with Crippen molar-refractivity contribution in [2.75, 3.05) is 0 Å². The van der Waals surface area contributed by atoms with E-state index in [1.165, 1.54) is 51.8 Å². The monoisotopic (exact) mass is 401 g/mol. The molecule has 21 heavy (non-hydrogen) atoms. The molecule has 0 aliphatic carbocycles. The van der Waals surface area contributed by atoms with Crippen LogP contribution >= 0.6 is 0 Å². The number of aromatic nitrogens is 1. The van der Waals surface area contributed by atoms with Crippen LogP contribution in [0.5, 0.6) is 0 Å². The average molecular weight is 400 g/mol. The molecule has 0 aliphatic heterocycles. The third kappa shape index (κ3) is 5.54. The normalized spacial score (nSPS) is 11.9. The van der Waals surface area contributed by atoms with E-state index in [0.717, 1.165) is 9.14 Å². The fourth-order valence-electron chi connectivity index (χ4n) is 3.25. The molecule has 0 amide bonds. The van der Waals surface area contributed by atoms with E-state index in [-0.39, 0.29) is 5.95 Å². The summed E-state index contributed by atoms with van der Waals surface area (Å²) in [4.78, 5) is 4.05. The van der Waals surface area contributed by atoms with Gasteiger partial charge in [-0.3, -0.25) is 0 Å². The van der Waals surface area contributed by atoms with Crippen LogP contribution in [0.15, 0.2) is 12.3 Å². The molecule has 0 aromatic carbocycles. The van der Waals surface area contributed by atoms with Gasteiger partial charge in [0.05, 0.1) is 0 Å². The molecule has 1 rings (SSSR count). The Morgan fingerprint density at radius 2 is 1.43 bits per heavy atom. The van der Waals surface area contributed by atoms with Crippen molar-refractivity contribution in [2.45, 2.75) is 79.5 Å². The van der Waals surface area contributed by atoms with Crippen LogP contribution in [0, 0.1) is 12.9 Å². The number of hydrogen-bond acceptors (Lipinski definition) is 1. The Labute approximate surface area is 134 Å². The topological polar surface area (TPSA) is 12.9 Å². The number of pyridine rings is 1. The van der Waals surface area contributed by atoms with Gasteiger partial charge in [-0.1, -0.05) is 0 Å². The molecule has 0 N–H and O–H groups in total. The average Bonchev–Trinajstić information content (AvgIpc) is 2.49. The molecule has 0 unspecified atom stereocenters. The van der Waals surface area contributed by atoms with Gasteiger partial charge in [0.2, 0.25) is 0 Å². The van der Waals surface area contributed by atoms with Gasteiger partial charge in [-0.05, 0) is 0 Å². The second-order valence-electron chi connectivity index (χ2n) is 6.44. The molecule has 1 heterocycles. The van der Waals surface area contributed by atoms with Crippen LogP contribution < -0.4 is 3.58 Å². The summed E-state index contributed by atoms with van der Waals surface area (Å²) in [7, 11) is 0. The van der Waals surface area contributed by atoms with E-state index in [2.05, 4.69) is 31.8 Å². The summed E-state index contributed by atoms with van der Waals surface area (Å²) in [6.07, 6.45) is 9.12. The molecule has 0 saturated heterocycles. The zero-order valence-corrected chi connectivity index (χ0v) is 17.2. The molecule has 0 aliphatic rings. The molecule has 1 aromatic rings. The Bertz CT molecular complexity index is 398. The summed E-state index contributed by atoms with van der Waals surface area (Å²) in [5, 5.41) is 0. The van der Waals surface area contributed by atoms with Crippen LogP contribution in [0.2, 0.25) is 13.3 Å². The van der Waals surface area contributed by atoms with Gasteiger partial charge in [-0.15, -0.1) is 0 Å². The van der Waals surface area contributed by atoms with Gasteiger partial charge >= 0.3 is 135 Å². The molecular formula is C18H32FNSn. The van der Waals surface area contributed by atoms with Gasteiger partial charge in [0, 0.05) is 0 Å².